The Morgan fingerprint density at radius 1 is 1.13 bits per heavy atom. The summed E-state index contributed by atoms with van der Waals surface area (Å²) >= 11 is 0. The van der Waals surface area contributed by atoms with E-state index in [2.05, 4.69) is 17.0 Å². The molecule has 2 aliphatic heterocycles. The summed E-state index contributed by atoms with van der Waals surface area (Å²) in [5, 5.41) is 0. The highest BCUT2D eigenvalue weighted by Gasteiger charge is 2.48. The van der Waals surface area contributed by atoms with Gasteiger partial charge in [0.15, 0.2) is 5.78 Å². The summed E-state index contributed by atoms with van der Waals surface area (Å²) < 4.78 is 39.4. The molecule has 2 aliphatic rings. The third-order valence-electron chi connectivity index (χ3n) is 6.42. The van der Waals surface area contributed by atoms with E-state index < -0.39 is 37.5 Å². The summed E-state index contributed by atoms with van der Waals surface area (Å²) in [7, 11) is -4.11. The van der Waals surface area contributed by atoms with Gasteiger partial charge in [0.05, 0.1) is 12.0 Å². The van der Waals surface area contributed by atoms with Crippen LogP contribution in [0.1, 0.15) is 65.9 Å². The number of Topliss-reactive ketones (excluding diaryl/α,β-unsaturated/α-hetero) is 1. The highest BCUT2D eigenvalue weighted by molar-refractivity contribution is 7.48. The quantitative estimate of drug-likeness (QED) is 0.218. The second kappa shape index (κ2) is 12.8. The SMILES string of the molecule is CC(C)(C)C(=O)OCO[P@@]1(=O)OCC(C)(C)[C@H](C(=O)CCCC(=O)OC2CCN(Cc3ccccc3)C2)O1. The van der Waals surface area contributed by atoms with Crippen LogP contribution in [-0.4, -0.2) is 61.3 Å². The van der Waals surface area contributed by atoms with Crippen molar-refractivity contribution in [3.05, 3.63) is 35.9 Å². The highest BCUT2D eigenvalue weighted by atomic mass is 31.2. The maximum atomic E-state index is 13.0. The average molecular weight is 554 g/mol. The molecule has 11 heteroatoms. The number of ether oxygens (including phenoxy) is 2. The highest BCUT2D eigenvalue weighted by Crippen LogP contribution is 2.57. The van der Waals surface area contributed by atoms with Crippen LogP contribution in [0.2, 0.25) is 0 Å². The molecule has 1 aromatic carbocycles. The fourth-order valence-corrected chi connectivity index (χ4v) is 5.74. The maximum Gasteiger partial charge on any atom is 0.478 e. The van der Waals surface area contributed by atoms with Gasteiger partial charge in [0.25, 0.3) is 0 Å². The van der Waals surface area contributed by atoms with Crippen molar-refractivity contribution >= 4 is 25.5 Å². The molecular weight excluding hydrogens is 513 g/mol. The number of phosphoric acid groups is 1. The maximum absolute atomic E-state index is 13.0. The minimum absolute atomic E-state index is 0.0445. The van der Waals surface area contributed by atoms with Gasteiger partial charge in [-0.1, -0.05) is 44.2 Å². The molecule has 2 fully saturated rings. The van der Waals surface area contributed by atoms with Crippen molar-refractivity contribution in [1.82, 2.24) is 4.90 Å². The van der Waals surface area contributed by atoms with Gasteiger partial charge in [-0.2, -0.15) is 0 Å². The Hall–Kier alpha value is -2.10. The summed E-state index contributed by atoms with van der Waals surface area (Å²) in [4.78, 5) is 39.5. The summed E-state index contributed by atoms with van der Waals surface area (Å²) in [5.74, 6) is -1.19. The molecule has 2 saturated heterocycles. The number of benzene rings is 1. The Morgan fingerprint density at radius 3 is 2.53 bits per heavy atom. The van der Waals surface area contributed by atoms with Crippen molar-refractivity contribution in [2.24, 2.45) is 10.8 Å². The van der Waals surface area contributed by atoms with Crippen LogP contribution in [0.25, 0.3) is 0 Å². The van der Waals surface area contributed by atoms with E-state index in [1.165, 1.54) is 5.56 Å². The number of carbonyl (C=O) groups is 3. The van der Waals surface area contributed by atoms with Gasteiger partial charge in [0, 0.05) is 37.9 Å². The normalized spacial score (nSPS) is 25.6. The van der Waals surface area contributed by atoms with Crippen LogP contribution in [0, 0.1) is 10.8 Å². The Labute approximate surface area is 224 Å². The lowest BCUT2D eigenvalue weighted by Crippen LogP contribution is -2.45. The van der Waals surface area contributed by atoms with Gasteiger partial charge >= 0.3 is 19.8 Å². The lowest BCUT2D eigenvalue weighted by molar-refractivity contribution is -0.163. The van der Waals surface area contributed by atoms with Crippen molar-refractivity contribution in [2.45, 2.75) is 79.1 Å². The van der Waals surface area contributed by atoms with Crippen molar-refractivity contribution in [1.29, 1.82) is 0 Å². The van der Waals surface area contributed by atoms with E-state index in [-0.39, 0.29) is 43.7 Å². The first-order valence-corrected chi connectivity index (χ1v) is 14.5. The number of nitrogens with zero attached hydrogens (tertiary/aromatic N) is 1. The van der Waals surface area contributed by atoms with Crippen molar-refractivity contribution in [2.75, 3.05) is 26.5 Å². The van der Waals surface area contributed by atoms with Crippen LogP contribution in [-0.2, 0) is 48.5 Å². The Bertz CT molecular complexity index is 1020. The van der Waals surface area contributed by atoms with E-state index in [1.54, 1.807) is 34.6 Å². The van der Waals surface area contributed by atoms with Gasteiger partial charge < -0.3 is 9.47 Å². The Morgan fingerprint density at radius 2 is 1.84 bits per heavy atom. The van der Waals surface area contributed by atoms with Crippen LogP contribution >= 0.6 is 7.82 Å². The van der Waals surface area contributed by atoms with E-state index >= 15 is 0 Å². The first-order chi connectivity index (χ1) is 17.8. The number of hydrogen-bond donors (Lipinski definition) is 0. The van der Waals surface area contributed by atoms with Crippen LogP contribution < -0.4 is 0 Å². The summed E-state index contributed by atoms with van der Waals surface area (Å²) in [6, 6.07) is 10.2. The molecule has 1 aromatic rings. The second-order valence-electron chi connectivity index (χ2n) is 11.6. The van der Waals surface area contributed by atoms with Crippen LogP contribution in [0.4, 0.5) is 0 Å². The molecule has 1 unspecified atom stereocenters. The lowest BCUT2D eigenvalue weighted by Gasteiger charge is -2.39. The second-order valence-corrected chi connectivity index (χ2v) is 13.2. The average Bonchev–Trinajstić information content (AvgIpc) is 3.27. The molecule has 212 valence electrons. The minimum atomic E-state index is -4.11. The largest absolute Gasteiger partial charge is 0.478 e. The monoisotopic (exact) mass is 553 g/mol. The van der Waals surface area contributed by atoms with Gasteiger partial charge in [-0.3, -0.25) is 28.3 Å². The number of ketones is 1. The number of rotatable bonds is 11. The van der Waals surface area contributed by atoms with Crippen LogP contribution in [0.15, 0.2) is 30.3 Å². The van der Waals surface area contributed by atoms with Gasteiger partial charge in [-0.15, -0.1) is 0 Å². The molecule has 10 nitrogen and oxygen atoms in total. The number of likely N-dealkylation sites (tertiary alicyclic amines) is 1. The van der Waals surface area contributed by atoms with Crippen molar-refractivity contribution < 1.29 is 42.0 Å². The molecule has 0 aromatic heterocycles. The summed E-state index contributed by atoms with van der Waals surface area (Å²) in [6.45, 7) is 10.2. The molecule has 0 radical (unpaired) electrons. The number of phosphoric ester groups is 1. The first kappa shape index (κ1) is 30.4. The van der Waals surface area contributed by atoms with E-state index in [1.807, 2.05) is 18.2 Å². The van der Waals surface area contributed by atoms with E-state index in [9.17, 15) is 18.9 Å². The predicted molar refractivity (Wildman–Crippen MR) is 139 cm³/mol. The van der Waals surface area contributed by atoms with Gasteiger partial charge in [-0.05, 0) is 39.2 Å². The Kier molecular flexibility index (Phi) is 10.3. The van der Waals surface area contributed by atoms with Crippen molar-refractivity contribution in [3.8, 4) is 0 Å². The van der Waals surface area contributed by atoms with Gasteiger partial charge in [0.1, 0.15) is 12.2 Å². The smallest absolute Gasteiger partial charge is 0.461 e. The summed E-state index contributed by atoms with van der Waals surface area (Å²) in [6.07, 6.45) is -0.00687. The van der Waals surface area contributed by atoms with E-state index in [0.717, 1.165) is 19.5 Å². The Balaban J connectivity index is 1.40. The third-order valence-corrected chi connectivity index (χ3v) is 7.76. The fraction of sp³-hybridized carbons (Fsp3) is 0.667. The third kappa shape index (κ3) is 8.99. The molecular formula is C27H40NO9P. The molecule has 0 aliphatic carbocycles. The number of hydrogen-bond acceptors (Lipinski definition) is 10. The topological polar surface area (TPSA) is 118 Å². The van der Waals surface area contributed by atoms with Crippen molar-refractivity contribution in [3.63, 3.8) is 0 Å². The molecule has 0 amide bonds. The zero-order valence-electron chi connectivity index (χ0n) is 23.0. The molecule has 0 N–H and O–H groups in total. The number of carbonyl (C=O) groups excluding carboxylic acids is 3. The molecule has 0 saturated carbocycles. The summed E-state index contributed by atoms with van der Waals surface area (Å²) in [5.41, 5.74) is -0.298. The standard InChI is InChI=1S/C27H40NO9P/c1-26(2,3)25(31)33-19-35-38(32)34-18-27(4,5)24(37-38)22(29)12-9-13-23(30)36-21-14-15-28(17-21)16-20-10-7-6-8-11-20/h6-8,10-11,21,24H,9,12-19H2,1-5H3/t21?,24-,38+/m0/s1. The zero-order chi connectivity index (χ0) is 28.0. The number of esters is 2. The molecule has 3 atom stereocenters. The van der Waals surface area contributed by atoms with E-state index in [0.29, 0.717) is 6.54 Å². The molecule has 0 bridgehead atoms. The first-order valence-electron chi connectivity index (χ1n) is 13.0. The van der Waals surface area contributed by atoms with Gasteiger partial charge in [-0.25, -0.2) is 9.09 Å². The van der Waals surface area contributed by atoms with Crippen LogP contribution in [0.3, 0.4) is 0 Å². The lowest BCUT2D eigenvalue weighted by atomic mass is 9.84. The molecule has 0 spiro atoms. The molecule has 2 heterocycles. The zero-order valence-corrected chi connectivity index (χ0v) is 23.9. The van der Waals surface area contributed by atoms with Gasteiger partial charge in [0.2, 0.25) is 6.79 Å². The fourth-order valence-electron chi connectivity index (χ4n) is 4.21. The van der Waals surface area contributed by atoms with Crippen LogP contribution in [0.5, 0.6) is 0 Å². The predicted octanol–water partition coefficient (Wildman–Crippen LogP) is 4.66. The van der Waals surface area contributed by atoms with E-state index in [4.69, 9.17) is 23.0 Å². The molecule has 38 heavy (non-hydrogen) atoms. The minimum Gasteiger partial charge on any atom is -0.461 e. The molecule has 3 rings (SSSR count).